The van der Waals surface area contributed by atoms with Crippen molar-refractivity contribution in [2.45, 2.75) is 39.3 Å². The molecule has 0 aromatic carbocycles. The van der Waals surface area contributed by atoms with Gasteiger partial charge in [0.05, 0.1) is 6.54 Å². The molecule has 0 atom stereocenters. The summed E-state index contributed by atoms with van der Waals surface area (Å²) in [6, 6.07) is 3.08. The maximum atomic E-state index is 12.4. The third-order valence-electron chi connectivity index (χ3n) is 3.25. The number of carbonyl (C=O) groups excluding carboxylic acids is 2. The molecular weight excluding hydrogens is 258 g/mol. The molecule has 0 aliphatic carbocycles. The van der Waals surface area contributed by atoms with Crippen molar-refractivity contribution < 1.29 is 9.59 Å². The number of imide groups is 1. The molecule has 1 N–H and O–H groups in total. The van der Waals surface area contributed by atoms with Gasteiger partial charge in [-0.25, -0.2) is 4.79 Å². The van der Waals surface area contributed by atoms with Gasteiger partial charge in [-0.05, 0) is 26.8 Å². The van der Waals surface area contributed by atoms with Crippen molar-refractivity contribution >= 4 is 11.9 Å². The Balaban J connectivity index is 2.25. The van der Waals surface area contributed by atoms with Gasteiger partial charge < -0.3 is 9.47 Å². The second kappa shape index (κ2) is 5.11. The fourth-order valence-corrected chi connectivity index (χ4v) is 2.14. The summed E-state index contributed by atoms with van der Waals surface area (Å²) in [5, 5.41) is 2.25. The second-order valence-electron chi connectivity index (χ2n) is 5.90. The Morgan fingerprint density at radius 1 is 1.25 bits per heavy atom. The van der Waals surface area contributed by atoms with Gasteiger partial charge in [-0.3, -0.25) is 14.9 Å². The van der Waals surface area contributed by atoms with Gasteiger partial charge in [0.2, 0.25) is 5.91 Å². The first kappa shape index (κ1) is 14.3. The van der Waals surface area contributed by atoms with Gasteiger partial charge >= 0.3 is 6.03 Å². The molecule has 0 unspecified atom stereocenters. The van der Waals surface area contributed by atoms with E-state index in [4.69, 9.17) is 0 Å². The smallest absolute Gasteiger partial charge is 0.319 e. The van der Waals surface area contributed by atoms with E-state index in [1.807, 2.05) is 20.8 Å². The molecule has 0 radical (unpaired) electrons. The number of nitrogens with zero attached hydrogens (tertiary/aromatic N) is 2. The summed E-state index contributed by atoms with van der Waals surface area (Å²) in [6.45, 7) is 6.41. The first-order valence-corrected chi connectivity index (χ1v) is 6.59. The Morgan fingerprint density at radius 2 is 1.95 bits per heavy atom. The van der Waals surface area contributed by atoms with Crippen LogP contribution in [0.15, 0.2) is 23.1 Å². The minimum atomic E-state index is -0.438. The van der Waals surface area contributed by atoms with E-state index in [9.17, 15) is 14.4 Å². The lowest BCUT2D eigenvalue weighted by Gasteiger charge is -2.27. The molecule has 108 valence electrons. The molecule has 1 saturated heterocycles. The molecule has 1 aromatic heterocycles. The van der Waals surface area contributed by atoms with E-state index in [0.29, 0.717) is 12.1 Å². The van der Waals surface area contributed by atoms with Crippen molar-refractivity contribution in [2.24, 2.45) is 0 Å². The van der Waals surface area contributed by atoms with Gasteiger partial charge in [-0.1, -0.05) is 6.07 Å². The minimum Gasteiger partial charge on any atom is -0.319 e. The van der Waals surface area contributed by atoms with Crippen LogP contribution in [-0.2, 0) is 16.9 Å². The summed E-state index contributed by atoms with van der Waals surface area (Å²) in [5.41, 5.74) is 0.129. The minimum absolute atomic E-state index is 0.107. The molecule has 0 saturated carbocycles. The lowest BCUT2D eigenvalue weighted by Crippen LogP contribution is -2.49. The van der Waals surface area contributed by atoms with Crippen molar-refractivity contribution in [2.75, 3.05) is 6.54 Å². The molecular formula is C14H19N3O3. The standard InChI is InChI=1S/C14H19N3O3/c1-14(2,3)17-7-4-5-10(12(17)19)9-16-8-6-11(18)15-13(16)20/h4-5,7H,6,8-9H2,1-3H3,(H,15,18,20). The largest absolute Gasteiger partial charge is 0.324 e. The van der Waals surface area contributed by atoms with Gasteiger partial charge in [-0.15, -0.1) is 0 Å². The van der Waals surface area contributed by atoms with Crippen LogP contribution in [0.5, 0.6) is 0 Å². The van der Waals surface area contributed by atoms with E-state index in [-0.39, 0.29) is 30.0 Å². The van der Waals surface area contributed by atoms with Crippen molar-refractivity contribution in [1.82, 2.24) is 14.8 Å². The first-order valence-electron chi connectivity index (χ1n) is 6.59. The lowest BCUT2D eigenvalue weighted by molar-refractivity contribution is -0.121. The van der Waals surface area contributed by atoms with Crippen LogP contribution in [0.4, 0.5) is 4.79 Å². The summed E-state index contributed by atoms with van der Waals surface area (Å²) in [5.74, 6) is -0.272. The average molecular weight is 277 g/mol. The molecule has 1 aliphatic rings. The molecule has 6 nitrogen and oxygen atoms in total. The van der Waals surface area contributed by atoms with Crippen LogP contribution in [0.2, 0.25) is 0 Å². The van der Waals surface area contributed by atoms with Crippen LogP contribution in [-0.4, -0.2) is 28.0 Å². The van der Waals surface area contributed by atoms with Crippen molar-refractivity contribution in [3.05, 3.63) is 34.2 Å². The molecule has 20 heavy (non-hydrogen) atoms. The number of nitrogens with one attached hydrogen (secondary N) is 1. The van der Waals surface area contributed by atoms with Crippen molar-refractivity contribution in [3.63, 3.8) is 0 Å². The van der Waals surface area contributed by atoms with E-state index < -0.39 is 6.03 Å². The summed E-state index contributed by atoms with van der Waals surface area (Å²) < 4.78 is 1.65. The zero-order valence-corrected chi connectivity index (χ0v) is 12.0. The highest BCUT2D eigenvalue weighted by molar-refractivity contribution is 5.96. The number of hydrogen-bond acceptors (Lipinski definition) is 3. The summed E-state index contributed by atoms with van der Waals surface area (Å²) in [4.78, 5) is 36.7. The molecule has 2 rings (SSSR count). The Bertz CT molecular complexity index is 598. The van der Waals surface area contributed by atoms with E-state index in [0.717, 1.165) is 0 Å². The molecule has 1 aliphatic heterocycles. The number of pyridine rings is 1. The molecule has 0 bridgehead atoms. The zero-order chi connectivity index (χ0) is 14.9. The number of urea groups is 1. The number of hydrogen-bond donors (Lipinski definition) is 1. The van der Waals surface area contributed by atoms with Crippen LogP contribution in [0, 0.1) is 0 Å². The summed E-state index contributed by atoms with van der Waals surface area (Å²) >= 11 is 0. The monoisotopic (exact) mass is 277 g/mol. The first-order chi connectivity index (χ1) is 9.29. The van der Waals surface area contributed by atoms with Gasteiger partial charge in [-0.2, -0.15) is 0 Å². The van der Waals surface area contributed by atoms with Gasteiger partial charge in [0, 0.05) is 30.3 Å². The fraction of sp³-hybridized carbons (Fsp3) is 0.500. The number of rotatable bonds is 2. The molecule has 3 amide bonds. The van der Waals surface area contributed by atoms with Crippen LogP contribution in [0.3, 0.4) is 0 Å². The van der Waals surface area contributed by atoms with Crippen molar-refractivity contribution in [3.8, 4) is 0 Å². The third kappa shape index (κ3) is 2.89. The quantitative estimate of drug-likeness (QED) is 0.878. The van der Waals surface area contributed by atoms with E-state index in [2.05, 4.69) is 5.32 Å². The third-order valence-corrected chi connectivity index (χ3v) is 3.25. The van der Waals surface area contributed by atoms with Gasteiger partial charge in [0.1, 0.15) is 0 Å². The van der Waals surface area contributed by atoms with Gasteiger partial charge in [0.25, 0.3) is 5.56 Å². The molecule has 1 fully saturated rings. The molecule has 2 heterocycles. The zero-order valence-electron chi connectivity index (χ0n) is 12.0. The van der Waals surface area contributed by atoms with Gasteiger partial charge in [0.15, 0.2) is 0 Å². The average Bonchev–Trinajstić information content (AvgIpc) is 2.33. The van der Waals surface area contributed by atoms with E-state index in [1.54, 1.807) is 22.9 Å². The maximum Gasteiger partial charge on any atom is 0.324 e. The topological polar surface area (TPSA) is 71.4 Å². The maximum absolute atomic E-state index is 12.4. The number of amides is 3. The van der Waals surface area contributed by atoms with Crippen LogP contribution >= 0.6 is 0 Å². The summed E-state index contributed by atoms with van der Waals surface area (Å²) in [6.07, 6.45) is 2.01. The molecule has 0 spiro atoms. The highest BCUT2D eigenvalue weighted by atomic mass is 16.2. The van der Waals surface area contributed by atoms with Crippen LogP contribution in [0.25, 0.3) is 0 Å². The summed E-state index contributed by atoms with van der Waals surface area (Å²) in [7, 11) is 0. The fourth-order valence-electron chi connectivity index (χ4n) is 2.14. The lowest BCUT2D eigenvalue weighted by atomic mass is 10.1. The Morgan fingerprint density at radius 3 is 2.55 bits per heavy atom. The normalized spacial score (nSPS) is 16.2. The predicted octanol–water partition coefficient (Wildman–Crippen LogP) is 1.05. The SMILES string of the molecule is CC(C)(C)n1cccc(CN2CCC(=O)NC2=O)c1=O. The number of carbonyl (C=O) groups is 2. The predicted molar refractivity (Wildman–Crippen MR) is 74.3 cm³/mol. The molecule has 6 heteroatoms. The number of aromatic nitrogens is 1. The second-order valence-corrected chi connectivity index (χ2v) is 5.90. The van der Waals surface area contributed by atoms with Crippen LogP contribution in [0.1, 0.15) is 32.8 Å². The van der Waals surface area contributed by atoms with E-state index in [1.165, 1.54) is 4.90 Å². The Labute approximate surface area is 117 Å². The van der Waals surface area contributed by atoms with Crippen molar-refractivity contribution in [1.29, 1.82) is 0 Å². The van der Waals surface area contributed by atoms with E-state index >= 15 is 0 Å². The highest BCUT2D eigenvalue weighted by Gasteiger charge is 2.24. The Hall–Kier alpha value is -2.11. The molecule has 1 aromatic rings. The highest BCUT2D eigenvalue weighted by Crippen LogP contribution is 2.12. The van der Waals surface area contributed by atoms with Crippen LogP contribution < -0.4 is 10.9 Å². The Kier molecular flexibility index (Phi) is 3.65.